The summed E-state index contributed by atoms with van der Waals surface area (Å²) in [6, 6.07) is 4.11. The number of benzene rings is 1. The van der Waals surface area contributed by atoms with E-state index in [-0.39, 0.29) is 0 Å². The normalized spacial score (nSPS) is 16.1. The second-order valence-corrected chi connectivity index (χ2v) is 6.65. The van der Waals surface area contributed by atoms with Gasteiger partial charge in [-0.2, -0.15) is 0 Å². The molecule has 1 aromatic rings. The third-order valence-electron chi connectivity index (χ3n) is 4.29. The number of hydrogen-bond donors (Lipinski definition) is 1. The fraction of sp³-hybridized carbons (Fsp3) is 0.429. The highest BCUT2D eigenvalue weighted by Crippen LogP contribution is 2.43. The summed E-state index contributed by atoms with van der Waals surface area (Å²) in [6.07, 6.45) is 5.47. The van der Waals surface area contributed by atoms with Crippen LogP contribution in [0, 0.1) is 17.6 Å². The van der Waals surface area contributed by atoms with Crippen LogP contribution in [0.3, 0.4) is 0 Å². The fourth-order valence-electron chi connectivity index (χ4n) is 2.91. The zero-order valence-corrected chi connectivity index (χ0v) is 14.9. The van der Waals surface area contributed by atoms with Gasteiger partial charge in [-0.1, -0.05) is 31.2 Å². The number of hydrogen-bond acceptors (Lipinski definition) is 1. The van der Waals surface area contributed by atoms with Crippen molar-refractivity contribution in [3.05, 3.63) is 64.8 Å². The first-order valence-corrected chi connectivity index (χ1v) is 8.67. The molecule has 1 nitrogen and oxygen atoms in total. The standard InChI is InChI=1S/C21H27F2N/c1-5-10-24-13-14(2)11-15(3)21(16(4)17-6-7-17)18-8-9-19(22)20(23)12-18/h8-9,11-12,17,24H,4-7,10,13H2,1-3H3/b14-11+,21-15+. The van der Waals surface area contributed by atoms with Crippen LogP contribution in [0.15, 0.2) is 47.6 Å². The highest BCUT2D eigenvalue weighted by Gasteiger charge is 2.28. The quantitative estimate of drug-likeness (QED) is 0.479. The summed E-state index contributed by atoms with van der Waals surface area (Å²) in [7, 11) is 0. The van der Waals surface area contributed by atoms with Crippen LogP contribution >= 0.6 is 0 Å². The molecule has 2 rings (SSSR count). The first kappa shape index (κ1) is 18.6. The topological polar surface area (TPSA) is 12.0 Å². The maximum Gasteiger partial charge on any atom is 0.159 e. The monoisotopic (exact) mass is 331 g/mol. The lowest BCUT2D eigenvalue weighted by Gasteiger charge is -2.15. The van der Waals surface area contributed by atoms with Crippen LogP contribution in [0.4, 0.5) is 8.78 Å². The molecular formula is C21H27F2N. The van der Waals surface area contributed by atoms with Crippen molar-refractivity contribution < 1.29 is 8.78 Å². The van der Waals surface area contributed by atoms with E-state index in [4.69, 9.17) is 0 Å². The molecule has 1 aliphatic carbocycles. The zero-order valence-electron chi connectivity index (χ0n) is 14.9. The molecule has 0 bridgehead atoms. The molecule has 1 aliphatic rings. The minimum Gasteiger partial charge on any atom is -0.313 e. The van der Waals surface area contributed by atoms with Crippen molar-refractivity contribution in [3.63, 3.8) is 0 Å². The Morgan fingerprint density at radius 3 is 2.54 bits per heavy atom. The largest absolute Gasteiger partial charge is 0.313 e. The number of nitrogens with one attached hydrogen (secondary N) is 1. The van der Waals surface area contributed by atoms with Gasteiger partial charge in [-0.3, -0.25) is 0 Å². The molecule has 0 aromatic heterocycles. The van der Waals surface area contributed by atoms with Crippen LogP contribution in [-0.2, 0) is 0 Å². The van der Waals surface area contributed by atoms with Gasteiger partial charge in [0.1, 0.15) is 0 Å². The predicted molar refractivity (Wildman–Crippen MR) is 97.7 cm³/mol. The Kier molecular flexibility index (Phi) is 6.50. The molecule has 1 fully saturated rings. The Balaban J connectivity index is 2.35. The van der Waals surface area contributed by atoms with E-state index < -0.39 is 11.6 Å². The van der Waals surface area contributed by atoms with Gasteiger partial charge in [-0.05, 0) is 80.0 Å². The summed E-state index contributed by atoms with van der Waals surface area (Å²) < 4.78 is 27.0. The third kappa shape index (κ3) is 4.88. The Labute approximate surface area is 144 Å². The van der Waals surface area contributed by atoms with Crippen molar-refractivity contribution in [2.75, 3.05) is 13.1 Å². The fourth-order valence-corrected chi connectivity index (χ4v) is 2.91. The van der Waals surface area contributed by atoms with E-state index >= 15 is 0 Å². The molecule has 0 amide bonds. The summed E-state index contributed by atoms with van der Waals surface area (Å²) in [4.78, 5) is 0. The molecule has 0 radical (unpaired) electrons. The maximum atomic E-state index is 13.7. The summed E-state index contributed by atoms with van der Waals surface area (Å²) in [5.41, 5.74) is 4.95. The first-order valence-electron chi connectivity index (χ1n) is 8.67. The third-order valence-corrected chi connectivity index (χ3v) is 4.29. The Morgan fingerprint density at radius 2 is 1.96 bits per heavy atom. The molecule has 1 aromatic carbocycles. The minimum absolute atomic E-state index is 0.468. The van der Waals surface area contributed by atoms with E-state index in [1.807, 2.05) is 6.92 Å². The van der Waals surface area contributed by atoms with E-state index in [0.717, 1.165) is 49.1 Å². The van der Waals surface area contributed by atoms with Crippen LogP contribution in [0.25, 0.3) is 5.57 Å². The van der Waals surface area contributed by atoms with E-state index in [1.165, 1.54) is 17.7 Å². The number of allylic oxidation sites excluding steroid dienone is 4. The van der Waals surface area contributed by atoms with Gasteiger partial charge in [0.25, 0.3) is 0 Å². The highest BCUT2D eigenvalue weighted by molar-refractivity contribution is 5.83. The average molecular weight is 331 g/mol. The van der Waals surface area contributed by atoms with Crippen LogP contribution in [-0.4, -0.2) is 13.1 Å². The molecule has 0 saturated heterocycles. The second kappa shape index (κ2) is 8.39. The Hall–Kier alpha value is -1.74. The predicted octanol–water partition coefficient (Wildman–Crippen LogP) is 5.65. The van der Waals surface area contributed by atoms with Gasteiger partial charge in [-0.15, -0.1) is 0 Å². The second-order valence-electron chi connectivity index (χ2n) is 6.65. The lowest BCUT2D eigenvalue weighted by atomic mass is 9.91. The molecule has 3 heteroatoms. The van der Waals surface area contributed by atoms with Crippen molar-refractivity contribution in [1.29, 1.82) is 0 Å². The van der Waals surface area contributed by atoms with Crippen LogP contribution in [0.1, 0.15) is 45.6 Å². The average Bonchev–Trinajstić information content (AvgIpc) is 3.36. The highest BCUT2D eigenvalue weighted by atomic mass is 19.2. The first-order chi connectivity index (χ1) is 11.4. The number of halogens is 2. The molecule has 0 spiro atoms. The minimum atomic E-state index is -0.816. The van der Waals surface area contributed by atoms with Gasteiger partial charge in [0.2, 0.25) is 0 Å². The lowest BCUT2D eigenvalue weighted by molar-refractivity contribution is 0.508. The van der Waals surface area contributed by atoms with Gasteiger partial charge in [0.05, 0.1) is 0 Å². The van der Waals surface area contributed by atoms with Crippen LogP contribution in [0.5, 0.6) is 0 Å². The van der Waals surface area contributed by atoms with Gasteiger partial charge in [0, 0.05) is 6.54 Å². The number of rotatable bonds is 8. The van der Waals surface area contributed by atoms with Crippen molar-refractivity contribution in [1.82, 2.24) is 5.32 Å². The van der Waals surface area contributed by atoms with Gasteiger partial charge in [0.15, 0.2) is 11.6 Å². The maximum absolute atomic E-state index is 13.7. The van der Waals surface area contributed by atoms with Crippen molar-refractivity contribution in [2.45, 2.75) is 40.0 Å². The summed E-state index contributed by atoms with van der Waals surface area (Å²) in [6.45, 7) is 12.3. The zero-order chi connectivity index (χ0) is 17.7. The van der Waals surface area contributed by atoms with E-state index in [0.29, 0.717) is 11.5 Å². The van der Waals surface area contributed by atoms with Crippen molar-refractivity contribution in [3.8, 4) is 0 Å². The molecular weight excluding hydrogens is 304 g/mol. The molecule has 0 atom stereocenters. The van der Waals surface area contributed by atoms with E-state index in [2.05, 4.69) is 31.8 Å². The Bertz CT molecular complexity index is 666. The summed E-state index contributed by atoms with van der Waals surface area (Å²) in [5, 5.41) is 3.38. The molecule has 1 N–H and O–H groups in total. The molecule has 0 aliphatic heterocycles. The van der Waals surface area contributed by atoms with Gasteiger partial charge < -0.3 is 5.32 Å². The molecule has 1 saturated carbocycles. The molecule has 0 unspecified atom stereocenters. The Morgan fingerprint density at radius 1 is 1.25 bits per heavy atom. The smallest absolute Gasteiger partial charge is 0.159 e. The SMILES string of the molecule is C=C(/C(=C(C)\C=C(/C)CNCCC)c1ccc(F)c(F)c1)C1CC1. The van der Waals surface area contributed by atoms with E-state index in [1.54, 1.807) is 6.07 Å². The van der Waals surface area contributed by atoms with Crippen LogP contribution < -0.4 is 5.32 Å². The summed E-state index contributed by atoms with van der Waals surface area (Å²) in [5.74, 6) is -1.16. The lowest BCUT2D eigenvalue weighted by Crippen LogP contribution is -2.16. The van der Waals surface area contributed by atoms with Crippen molar-refractivity contribution >= 4 is 5.57 Å². The molecule has 24 heavy (non-hydrogen) atoms. The van der Waals surface area contributed by atoms with Gasteiger partial charge in [-0.25, -0.2) is 8.78 Å². The van der Waals surface area contributed by atoms with E-state index in [9.17, 15) is 8.78 Å². The molecule has 130 valence electrons. The van der Waals surface area contributed by atoms with Crippen LogP contribution in [0.2, 0.25) is 0 Å². The van der Waals surface area contributed by atoms with Crippen molar-refractivity contribution in [2.24, 2.45) is 5.92 Å². The molecule has 0 heterocycles. The van der Waals surface area contributed by atoms with Gasteiger partial charge >= 0.3 is 0 Å². The summed E-state index contributed by atoms with van der Waals surface area (Å²) >= 11 is 0.